The first-order chi connectivity index (χ1) is 9.99. The van der Waals surface area contributed by atoms with Crippen molar-refractivity contribution in [2.45, 2.75) is 19.5 Å². The van der Waals surface area contributed by atoms with E-state index >= 15 is 0 Å². The normalized spacial score (nSPS) is 12.1. The molecule has 4 nitrogen and oxygen atoms in total. The van der Waals surface area contributed by atoms with Gasteiger partial charge in [-0.15, -0.1) is 0 Å². The number of benzene rings is 2. The second-order valence-corrected chi connectivity index (χ2v) is 5.95. The molecule has 2 aromatic rings. The predicted octanol–water partition coefficient (Wildman–Crippen LogP) is 4.86. The van der Waals surface area contributed by atoms with Crippen molar-refractivity contribution in [2.75, 3.05) is 0 Å². The molecule has 110 valence electrons. The van der Waals surface area contributed by atoms with Gasteiger partial charge in [-0.3, -0.25) is 10.1 Å². The van der Waals surface area contributed by atoms with Crippen molar-refractivity contribution in [3.8, 4) is 0 Å². The Kier molecular flexibility index (Phi) is 5.33. The van der Waals surface area contributed by atoms with Crippen LogP contribution in [0.3, 0.4) is 0 Å². The van der Waals surface area contributed by atoms with Gasteiger partial charge in [-0.2, -0.15) is 0 Å². The minimum Gasteiger partial charge on any atom is -0.306 e. The highest BCUT2D eigenvalue weighted by molar-refractivity contribution is 9.10. The van der Waals surface area contributed by atoms with Crippen molar-refractivity contribution in [3.05, 3.63) is 73.2 Å². The SMILES string of the molecule is C[C@@H](NCc1ccc(Cl)cc1[N+](=O)[O-])c1ccccc1Br. The number of rotatable bonds is 5. The summed E-state index contributed by atoms with van der Waals surface area (Å²) >= 11 is 9.31. The zero-order valence-electron chi connectivity index (χ0n) is 11.3. The van der Waals surface area contributed by atoms with Gasteiger partial charge in [-0.05, 0) is 30.7 Å². The first-order valence-electron chi connectivity index (χ1n) is 6.39. The number of hydrogen-bond acceptors (Lipinski definition) is 3. The molecule has 0 unspecified atom stereocenters. The summed E-state index contributed by atoms with van der Waals surface area (Å²) in [6.07, 6.45) is 0. The highest BCUT2D eigenvalue weighted by Gasteiger charge is 2.15. The summed E-state index contributed by atoms with van der Waals surface area (Å²) in [7, 11) is 0. The average molecular weight is 370 g/mol. The Hall–Kier alpha value is -1.43. The second-order valence-electron chi connectivity index (χ2n) is 4.65. The van der Waals surface area contributed by atoms with Gasteiger partial charge in [0.1, 0.15) is 0 Å². The molecule has 1 N–H and O–H groups in total. The molecule has 0 aliphatic heterocycles. The van der Waals surface area contributed by atoms with Crippen molar-refractivity contribution in [3.63, 3.8) is 0 Å². The molecular formula is C15H14BrClN2O2. The van der Waals surface area contributed by atoms with Gasteiger partial charge in [0.2, 0.25) is 0 Å². The largest absolute Gasteiger partial charge is 0.306 e. The van der Waals surface area contributed by atoms with Crippen molar-refractivity contribution in [2.24, 2.45) is 0 Å². The van der Waals surface area contributed by atoms with Gasteiger partial charge in [-0.1, -0.05) is 45.7 Å². The van der Waals surface area contributed by atoms with Crippen molar-refractivity contribution in [1.29, 1.82) is 0 Å². The highest BCUT2D eigenvalue weighted by Crippen LogP contribution is 2.26. The molecule has 21 heavy (non-hydrogen) atoms. The smallest absolute Gasteiger partial charge is 0.275 e. The van der Waals surface area contributed by atoms with Crippen molar-refractivity contribution >= 4 is 33.2 Å². The average Bonchev–Trinajstić information content (AvgIpc) is 2.46. The zero-order valence-corrected chi connectivity index (χ0v) is 13.7. The molecule has 0 aliphatic carbocycles. The molecule has 0 aromatic heterocycles. The molecule has 6 heteroatoms. The maximum Gasteiger partial charge on any atom is 0.275 e. The van der Waals surface area contributed by atoms with E-state index in [2.05, 4.69) is 21.2 Å². The summed E-state index contributed by atoms with van der Waals surface area (Å²) in [5, 5.41) is 14.7. The fourth-order valence-electron chi connectivity index (χ4n) is 2.06. The summed E-state index contributed by atoms with van der Waals surface area (Å²) in [6.45, 7) is 2.41. The van der Waals surface area contributed by atoms with Crippen LogP contribution in [0.1, 0.15) is 24.1 Å². The third-order valence-electron chi connectivity index (χ3n) is 3.21. The molecule has 2 rings (SSSR count). The van der Waals surface area contributed by atoms with Gasteiger partial charge in [0, 0.05) is 33.7 Å². The molecule has 0 bridgehead atoms. The second kappa shape index (κ2) is 7.02. The van der Waals surface area contributed by atoms with E-state index in [1.807, 2.05) is 31.2 Å². The van der Waals surface area contributed by atoms with Crippen LogP contribution in [0.25, 0.3) is 0 Å². The third-order valence-corrected chi connectivity index (χ3v) is 4.17. The molecule has 0 radical (unpaired) electrons. The Morgan fingerprint density at radius 1 is 1.33 bits per heavy atom. The minimum atomic E-state index is -0.411. The van der Waals surface area contributed by atoms with E-state index in [0.717, 1.165) is 10.0 Å². The number of nitro groups is 1. The fourth-order valence-corrected chi connectivity index (χ4v) is 2.85. The number of nitrogens with one attached hydrogen (secondary N) is 1. The van der Waals surface area contributed by atoms with Gasteiger partial charge < -0.3 is 5.32 Å². The first-order valence-corrected chi connectivity index (χ1v) is 7.56. The van der Waals surface area contributed by atoms with Crippen LogP contribution in [0.5, 0.6) is 0 Å². The quantitative estimate of drug-likeness (QED) is 0.605. The summed E-state index contributed by atoms with van der Waals surface area (Å²) in [5.74, 6) is 0. The topological polar surface area (TPSA) is 55.2 Å². The summed E-state index contributed by atoms with van der Waals surface area (Å²) in [5.41, 5.74) is 1.76. The fraction of sp³-hybridized carbons (Fsp3) is 0.200. The van der Waals surface area contributed by atoms with E-state index in [9.17, 15) is 10.1 Å². The van der Waals surface area contributed by atoms with Gasteiger partial charge in [-0.25, -0.2) is 0 Å². The number of nitrogens with zero attached hydrogens (tertiary/aromatic N) is 1. The lowest BCUT2D eigenvalue weighted by Gasteiger charge is -2.16. The maximum absolute atomic E-state index is 11.1. The number of nitro benzene ring substituents is 1. The molecule has 0 amide bonds. The van der Waals surface area contributed by atoms with E-state index in [1.54, 1.807) is 12.1 Å². The van der Waals surface area contributed by atoms with Crippen molar-refractivity contribution in [1.82, 2.24) is 5.32 Å². The van der Waals surface area contributed by atoms with Crippen molar-refractivity contribution < 1.29 is 4.92 Å². The summed E-state index contributed by atoms with van der Waals surface area (Å²) < 4.78 is 1.01. The predicted molar refractivity (Wildman–Crippen MR) is 87.5 cm³/mol. The molecule has 2 aromatic carbocycles. The number of hydrogen-bond donors (Lipinski definition) is 1. The molecule has 0 aliphatic rings. The van der Waals surface area contributed by atoms with Gasteiger partial charge in [0.15, 0.2) is 0 Å². The Labute approximate surface area is 136 Å². The lowest BCUT2D eigenvalue weighted by Crippen LogP contribution is -2.19. The van der Waals surface area contributed by atoms with E-state index < -0.39 is 4.92 Å². The minimum absolute atomic E-state index is 0.0364. The third kappa shape index (κ3) is 4.03. The van der Waals surface area contributed by atoms with E-state index in [4.69, 9.17) is 11.6 Å². The van der Waals surface area contributed by atoms with Gasteiger partial charge in [0.25, 0.3) is 5.69 Å². The van der Waals surface area contributed by atoms with Gasteiger partial charge >= 0.3 is 0 Å². The lowest BCUT2D eigenvalue weighted by molar-refractivity contribution is -0.385. The molecule has 0 saturated carbocycles. The van der Waals surface area contributed by atoms with Crippen LogP contribution >= 0.6 is 27.5 Å². The Bertz CT molecular complexity index is 664. The van der Waals surface area contributed by atoms with Crippen LogP contribution < -0.4 is 5.32 Å². The zero-order chi connectivity index (χ0) is 15.4. The molecule has 0 fully saturated rings. The molecule has 0 saturated heterocycles. The Morgan fingerprint density at radius 3 is 2.71 bits per heavy atom. The Balaban J connectivity index is 2.13. The van der Waals surface area contributed by atoms with Crippen LogP contribution in [-0.2, 0) is 6.54 Å². The summed E-state index contributed by atoms with van der Waals surface area (Å²) in [6, 6.07) is 12.7. The molecule has 1 atom stereocenters. The first kappa shape index (κ1) is 15.9. The monoisotopic (exact) mass is 368 g/mol. The summed E-state index contributed by atoms with van der Waals surface area (Å²) in [4.78, 5) is 10.6. The lowest BCUT2D eigenvalue weighted by atomic mass is 10.1. The highest BCUT2D eigenvalue weighted by atomic mass is 79.9. The van der Waals surface area contributed by atoms with Gasteiger partial charge in [0.05, 0.1) is 4.92 Å². The maximum atomic E-state index is 11.1. The Morgan fingerprint density at radius 2 is 2.05 bits per heavy atom. The van der Waals surface area contributed by atoms with E-state index in [-0.39, 0.29) is 11.7 Å². The molecular weight excluding hydrogens is 356 g/mol. The molecule has 0 heterocycles. The van der Waals surface area contributed by atoms with Crippen LogP contribution in [-0.4, -0.2) is 4.92 Å². The van der Waals surface area contributed by atoms with Crippen LogP contribution in [0.4, 0.5) is 5.69 Å². The van der Waals surface area contributed by atoms with E-state index in [0.29, 0.717) is 17.1 Å². The van der Waals surface area contributed by atoms with Crippen LogP contribution in [0.15, 0.2) is 46.9 Å². The number of halogens is 2. The molecule has 0 spiro atoms. The standard InChI is InChI=1S/C15H14BrClN2O2/c1-10(13-4-2-3-5-14(13)16)18-9-11-6-7-12(17)8-15(11)19(20)21/h2-8,10,18H,9H2,1H3/t10-/m1/s1. The van der Waals surface area contributed by atoms with Crippen LogP contribution in [0, 0.1) is 10.1 Å². The van der Waals surface area contributed by atoms with Crippen LogP contribution in [0.2, 0.25) is 5.02 Å². The van der Waals surface area contributed by atoms with E-state index in [1.165, 1.54) is 6.07 Å².